The molecule has 2 rings (SSSR count). The molecule has 3 heteroatoms. The van der Waals surface area contributed by atoms with Gasteiger partial charge in [-0.15, -0.1) is 0 Å². The number of pyridine rings is 1. The molecule has 0 fully saturated rings. The van der Waals surface area contributed by atoms with Crippen molar-refractivity contribution in [2.24, 2.45) is 5.92 Å². The molecular weight excluding hydrogens is 274 g/mol. The monoisotopic (exact) mass is 297 g/mol. The molecule has 0 aliphatic heterocycles. The molecule has 0 amide bonds. The molecule has 0 aliphatic rings. The van der Waals surface area contributed by atoms with Gasteiger partial charge in [0.15, 0.2) is 5.78 Å². The molecule has 0 N–H and O–H groups in total. The largest absolute Gasteiger partial charge is 0.307 e. The summed E-state index contributed by atoms with van der Waals surface area (Å²) < 4.78 is 1.73. The molecule has 1 aromatic carbocycles. The topological polar surface area (TPSA) is 39.1 Å². The molecule has 0 spiro atoms. The van der Waals surface area contributed by atoms with E-state index in [1.54, 1.807) is 10.6 Å². The number of carbonyl (C=O) groups is 1. The Morgan fingerprint density at radius 1 is 1.09 bits per heavy atom. The maximum Gasteiger partial charge on any atom is 0.261 e. The van der Waals surface area contributed by atoms with Crippen molar-refractivity contribution in [3.63, 3.8) is 0 Å². The van der Waals surface area contributed by atoms with Crippen LogP contribution in [-0.4, -0.2) is 10.4 Å². The number of nitrogens with zero attached hydrogens (tertiary/aromatic N) is 1. The highest BCUT2D eigenvalue weighted by Crippen LogP contribution is 2.22. The fraction of sp³-hybridized carbons (Fsp3) is 0.368. The molecule has 1 heterocycles. The van der Waals surface area contributed by atoms with Crippen LogP contribution in [0.15, 0.2) is 35.1 Å². The molecule has 0 saturated heterocycles. The predicted octanol–water partition coefficient (Wildman–Crippen LogP) is 3.99. The van der Waals surface area contributed by atoms with E-state index in [9.17, 15) is 9.59 Å². The van der Waals surface area contributed by atoms with Crippen LogP contribution in [0.3, 0.4) is 0 Å². The summed E-state index contributed by atoms with van der Waals surface area (Å²) >= 11 is 0. The Hall–Kier alpha value is -2.16. The van der Waals surface area contributed by atoms with Gasteiger partial charge < -0.3 is 4.57 Å². The molecule has 0 bridgehead atoms. The lowest BCUT2D eigenvalue weighted by Crippen LogP contribution is -2.28. The zero-order chi connectivity index (χ0) is 16.4. The number of aromatic nitrogens is 1. The number of aryl methyl sites for hydroxylation is 2. The molecule has 3 nitrogen and oxygen atoms in total. The van der Waals surface area contributed by atoms with Crippen molar-refractivity contribution >= 4 is 5.78 Å². The summed E-state index contributed by atoms with van der Waals surface area (Å²) in [5.74, 6) is 0.138. The number of carbonyl (C=O) groups excluding carboxylic acids is 1. The SMILES string of the molecule is CC(=O)c1ccc(-c2ccc(C)c(C)c2)n(CC(C)C)c1=O. The smallest absolute Gasteiger partial charge is 0.261 e. The minimum Gasteiger partial charge on any atom is -0.307 e. The average Bonchev–Trinajstić information content (AvgIpc) is 2.43. The van der Waals surface area contributed by atoms with Gasteiger partial charge in [-0.2, -0.15) is 0 Å². The average molecular weight is 297 g/mol. The van der Waals surface area contributed by atoms with Gasteiger partial charge in [-0.3, -0.25) is 9.59 Å². The molecule has 0 unspecified atom stereocenters. The third kappa shape index (κ3) is 3.19. The van der Waals surface area contributed by atoms with E-state index < -0.39 is 0 Å². The summed E-state index contributed by atoms with van der Waals surface area (Å²) in [5, 5.41) is 0. The Bertz CT molecular complexity index is 769. The lowest BCUT2D eigenvalue weighted by atomic mass is 10.0. The first-order valence-electron chi connectivity index (χ1n) is 7.63. The van der Waals surface area contributed by atoms with Crippen molar-refractivity contribution in [1.82, 2.24) is 4.57 Å². The highest BCUT2D eigenvalue weighted by atomic mass is 16.1. The van der Waals surface area contributed by atoms with Gasteiger partial charge in [-0.05, 0) is 61.6 Å². The summed E-state index contributed by atoms with van der Waals surface area (Å²) in [6, 6.07) is 9.71. The summed E-state index contributed by atoms with van der Waals surface area (Å²) in [6.07, 6.45) is 0. The predicted molar refractivity (Wildman–Crippen MR) is 90.5 cm³/mol. The van der Waals surface area contributed by atoms with Gasteiger partial charge in [0.05, 0.1) is 11.3 Å². The van der Waals surface area contributed by atoms with Gasteiger partial charge in [-0.1, -0.05) is 26.0 Å². The standard InChI is InChI=1S/C19H23NO2/c1-12(2)11-20-18(9-8-17(15(5)21)19(20)22)16-7-6-13(3)14(4)10-16/h6-10,12H,11H2,1-5H3. The normalized spacial score (nSPS) is 11.0. The van der Waals surface area contributed by atoms with Crippen molar-refractivity contribution in [3.8, 4) is 11.3 Å². The highest BCUT2D eigenvalue weighted by Gasteiger charge is 2.14. The minimum absolute atomic E-state index is 0.186. The van der Waals surface area contributed by atoms with Crippen LogP contribution in [0.5, 0.6) is 0 Å². The molecule has 0 saturated carbocycles. The molecule has 22 heavy (non-hydrogen) atoms. The molecule has 2 aromatic rings. The van der Waals surface area contributed by atoms with Crippen LogP contribution in [0.25, 0.3) is 11.3 Å². The number of hydrogen-bond donors (Lipinski definition) is 0. The van der Waals surface area contributed by atoms with Gasteiger partial charge in [0.2, 0.25) is 0 Å². The third-order valence-corrected chi connectivity index (χ3v) is 3.90. The van der Waals surface area contributed by atoms with Gasteiger partial charge >= 0.3 is 0 Å². The van der Waals surface area contributed by atoms with E-state index >= 15 is 0 Å². The zero-order valence-electron chi connectivity index (χ0n) is 13.9. The van der Waals surface area contributed by atoms with Crippen molar-refractivity contribution in [2.75, 3.05) is 0 Å². The maximum atomic E-state index is 12.6. The minimum atomic E-state index is -0.197. The lowest BCUT2D eigenvalue weighted by Gasteiger charge is -2.17. The Balaban J connectivity index is 2.69. The molecular formula is C19H23NO2. The summed E-state index contributed by atoms with van der Waals surface area (Å²) in [7, 11) is 0. The van der Waals surface area contributed by atoms with Crippen LogP contribution in [0.1, 0.15) is 42.3 Å². The van der Waals surface area contributed by atoms with Crippen molar-refractivity contribution in [3.05, 3.63) is 57.4 Å². The van der Waals surface area contributed by atoms with Crippen LogP contribution in [-0.2, 0) is 6.54 Å². The lowest BCUT2D eigenvalue weighted by molar-refractivity contribution is 0.101. The summed E-state index contributed by atoms with van der Waals surface area (Å²) in [4.78, 5) is 24.3. The molecule has 0 radical (unpaired) electrons. The van der Waals surface area contributed by atoms with Gasteiger partial charge in [-0.25, -0.2) is 0 Å². The maximum absolute atomic E-state index is 12.6. The number of rotatable bonds is 4. The molecule has 0 atom stereocenters. The second kappa shape index (κ2) is 6.30. The Morgan fingerprint density at radius 3 is 2.32 bits per heavy atom. The molecule has 1 aromatic heterocycles. The fourth-order valence-electron chi connectivity index (χ4n) is 2.55. The first kappa shape index (κ1) is 16.2. The van der Waals surface area contributed by atoms with Crippen molar-refractivity contribution in [2.45, 2.75) is 41.2 Å². The quantitative estimate of drug-likeness (QED) is 0.800. The van der Waals surface area contributed by atoms with Crippen LogP contribution in [0.2, 0.25) is 0 Å². The van der Waals surface area contributed by atoms with Gasteiger partial charge in [0.25, 0.3) is 5.56 Å². The second-order valence-electron chi connectivity index (χ2n) is 6.30. The number of ketones is 1. The van der Waals surface area contributed by atoms with E-state index in [-0.39, 0.29) is 16.9 Å². The van der Waals surface area contributed by atoms with Crippen LogP contribution in [0, 0.1) is 19.8 Å². The Labute approximate surface area is 131 Å². The molecule has 116 valence electrons. The first-order valence-corrected chi connectivity index (χ1v) is 7.63. The van der Waals surface area contributed by atoms with Crippen molar-refractivity contribution < 1.29 is 4.79 Å². The van der Waals surface area contributed by atoms with Crippen LogP contribution < -0.4 is 5.56 Å². The van der Waals surface area contributed by atoms with E-state index in [4.69, 9.17) is 0 Å². The van der Waals surface area contributed by atoms with E-state index in [0.29, 0.717) is 12.5 Å². The second-order valence-corrected chi connectivity index (χ2v) is 6.30. The van der Waals surface area contributed by atoms with E-state index in [1.807, 2.05) is 12.1 Å². The fourth-order valence-corrected chi connectivity index (χ4v) is 2.55. The van der Waals surface area contributed by atoms with Crippen molar-refractivity contribution in [1.29, 1.82) is 0 Å². The van der Waals surface area contributed by atoms with E-state index in [2.05, 4.69) is 39.8 Å². The Kier molecular flexibility index (Phi) is 4.65. The number of benzene rings is 1. The summed E-state index contributed by atoms with van der Waals surface area (Å²) in [5.41, 5.74) is 4.35. The number of Topliss-reactive ketones (excluding diaryl/α,β-unsaturated/α-hetero) is 1. The third-order valence-electron chi connectivity index (χ3n) is 3.90. The van der Waals surface area contributed by atoms with Crippen LogP contribution in [0.4, 0.5) is 0 Å². The number of hydrogen-bond acceptors (Lipinski definition) is 2. The van der Waals surface area contributed by atoms with Gasteiger partial charge in [0, 0.05) is 6.54 Å². The Morgan fingerprint density at radius 2 is 1.77 bits per heavy atom. The van der Waals surface area contributed by atoms with E-state index in [0.717, 1.165) is 11.3 Å². The first-order chi connectivity index (χ1) is 10.3. The highest BCUT2D eigenvalue weighted by molar-refractivity contribution is 5.94. The molecule has 0 aliphatic carbocycles. The summed E-state index contributed by atoms with van der Waals surface area (Å²) in [6.45, 7) is 10.3. The van der Waals surface area contributed by atoms with Crippen LogP contribution >= 0.6 is 0 Å². The zero-order valence-corrected chi connectivity index (χ0v) is 13.9. The van der Waals surface area contributed by atoms with Gasteiger partial charge in [0.1, 0.15) is 0 Å². The van der Waals surface area contributed by atoms with E-state index in [1.165, 1.54) is 18.1 Å².